The first-order valence-electron chi connectivity index (χ1n) is 8.46. The largest absolute Gasteiger partial charge is 0.332 e. The molecular formula is C20H20BrClN4S. The van der Waals surface area contributed by atoms with E-state index in [1.54, 1.807) is 0 Å². The van der Waals surface area contributed by atoms with Crippen LogP contribution in [0.2, 0.25) is 5.02 Å². The van der Waals surface area contributed by atoms with Crippen molar-refractivity contribution in [2.24, 2.45) is 0 Å². The predicted octanol–water partition coefficient (Wildman–Crippen LogP) is 6.08. The van der Waals surface area contributed by atoms with Crippen molar-refractivity contribution in [2.45, 2.75) is 27.3 Å². The highest BCUT2D eigenvalue weighted by molar-refractivity contribution is 9.10. The summed E-state index contributed by atoms with van der Waals surface area (Å²) < 4.78 is 3.04. The number of benzene rings is 2. The molecule has 0 saturated heterocycles. The minimum Gasteiger partial charge on any atom is -0.332 e. The maximum Gasteiger partial charge on any atom is 0.175 e. The number of nitrogens with zero attached hydrogens (tertiary/aromatic N) is 2. The zero-order valence-corrected chi connectivity index (χ0v) is 18.5. The number of hydrogen-bond donors (Lipinski definition) is 2. The third kappa shape index (κ3) is 4.89. The van der Waals surface area contributed by atoms with Crippen LogP contribution >= 0.6 is 39.7 Å². The number of halogens is 2. The van der Waals surface area contributed by atoms with E-state index in [1.807, 2.05) is 48.9 Å². The van der Waals surface area contributed by atoms with E-state index in [4.69, 9.17) is 23.8 Å². The molecule has 2 N–H and O–H groups in total. The highest BCUT2D eigenvalue weighted by Crippen LogP contribution is 2.22. The van der Waals surface area contributed by atoms with Gasteiger partial charge in [0.1, 0.15) is 0 Å². The second kappa shape index (κ2) is 8.42. The average molecular weight is 464 g/mol. The molecule has 0 saturated carbocycles. The molecule has 2 aromatic carbocycles. The summed E-state index contributed by atoms with van der Waals surface area (Å²) in [6.45, 7) is 6.71. The molecule has 0 unspecified atom stereocenters. The van der Waals surface area contributed by atoms with Gasteiger partial charge < -0.3 is 10.6 Å². The maximum absolute atomic E-state index is 6.17. The molecule has 0 atom stereocenters. The lowest BCUT2D eigenvalue weighted by atomic mass is 10.2. The van der Waals surface area contributed by atoms with E-state index in [2.05, 4.69) is 50.7 Å². The number of hydrogen-bond acceptors (Lipinski definition) is 2. The molecule has 1 aromatic heterocycles. The summed E-state index contributed by atoms with van der Waals surface area (Å²) in [6, 6.07) is 13.9. The van der Waals surface area contributed by atoms with Crippen LogP contribution in [0.1, 0.15) is 22.5 Å². The Balaban J connectivity index is 1.68. The van der Waals surface area contributed by atoms with Crippen LogP contribution in [0.5, 0.6) is 0 Å². The van der Waals surface area contributed by atoms with E-state index in [0.717, 1.165) is 38.4 Å². The van der Waals surface area contributed by atoms with E-state index in [-0.39, 0.29) is 0 Å². The molecule has 3 aromatic rings. The Morgan fingerprint density at radius 1 is 1.11 bits per heavy atom. The van der Waals surface area contributed by atoms with Crippen molar-refractivity contribution in [1.29, 1.82) is 0 Å². The van der Waals surface area contributed by atoms with Crippen LogP contribution in [-0.4, -0.2) is 14.9 Å². The molecule has 0 aliphatic heterocycles. The highest BCUT2D eigenvalue weighted by Gasteiger charge is 2.09. The van der Waals surface area contributed by atoms with Gasteiger partial charge in [-0.25, -0.2) is 0 Å². The second-order valence-corrected chi connectivity index (χ2v) is 7.99. The van der Waals surface area contributed by atoms with Gasteiger partial charge in [0.2, 0.25) is 0 Å². The number of thiocarbonyl (C=S) groups is 1. The van der Waals surface area contributed by atoms with Gasteiger partial charge in [0.05, 0.1) is 22.4 Å². The van der Waals surface area contributed by atoms with Crippen molar-refractivity contribution in [1.82, 2.24) is 9.78 Å². The molecule has 0 spiro atoms. The van der Waals surface area contributed by atoms with E-state index in [1.165, 1.54) is 0 Å². The molecule has 27 heavy (non-hydrogen) atoms. The van der Waals surface area contributed by atoms with Crippen LogP contribution in [-0.2, 0) is 6.54 Å². The number of nitrogens with one attached hydrogen (secondary N) is 2. The van der Waals surface area contributed by atoms with Crippen molar-refractivity contribution in [3.63, 3.8) is 0 Å². The van der Waals surface area contributed by atoms with Gasteiger partial charge in [0.15, 0.2) is 5.11 Å². The lowest BCUT2D eigenvalue weighted by Gasteiger charge is -2.13. The van der Waals surface area contributed by atoms with Crippen molar-refractivity contribution < 1.29 is 0 Å². The van der Waals surface area contributed by atoms with E-state index in [9.17, 15) is 0 Å². The second-order valence-electron chi connectivity index (χ2n) is 6.39. The van der Waals surface area contributed by atoms with Crippen molar-refractivity contribution in [3.05, 3.63) is 74.5 Å². The normalized spacial score (nSPS) is 10.7. The molecule has 0 amide bonds. The van der Waals surface area contributed by atoms with E-state index < -0.39 is 0 Å². The summed E-state index contributed by atoms with van der Waals surface area (Å²) in [6.07, 6.45) is 0. The smallest absolute Gasteiger partial charge is 0.175 e. The maximum atomic E-state index is 6.17. The number of anilines is 2. The summed E-state index contributed by atoms with van der Waals surface area (Å²) in [5.74, 6) is 0. The molecular weight excluding hydrogens is 444 g/mol. The molecule has 0 aliphatic carbocycles. The molecule has 7 heteroatoms. The number of rotatable bonds is 4. The Morgan fingerprint density at radius 2 is 1.81 bits per heavy atom. The fourth-order valence-corrected chi connectivity index (χ4v) is 3.41. The lowest BCUT2D eigenvalue weighted by molar-refractivity contribution is 0.659. The van der Waals surface area contributed by atoms with Crippen molar-refractivity contribution >= 4 is 56.2 Å². The van der Waals surface area contributed by atoms with Gasteiger partial charge in [-0.15, -0.1) is 0 Å². The van der Waals surface area contributed by atoms with Gasteiger partial charge in [-0.3, -0.25) is 4.68 Å². The Bertz CT molecular complexity index is 1000. The number of aromatic nitrogens is 2. The van der Waals surface area contributed by atoms with Crippen LogP contribution < -0.4 is 10.6 Å². The van der Waals surface area contributed by atoms with E-state index >= 15 is 0 Å². The lowest BCUT2D eigenvalue weighted by Crippen LogP contribution is -2.19. The van der Waals surface area contributed by atoms with Crippen LogP contribution in [0.4, 0.5) is 11.4 Å². The summed E-state index contributed by atoms with van der Waals surface area (Å²) in [4.78, 5) is 0. The SMILES string of the molecule is Cc1ccc(NC(=S)Nc2cccc(Cn3nc(C)c(Br)c3C)c2)cc1Cl. The third-order valence-corrected chi connectivity index (χ3v) is 6.00. The molecule has 140 valence electrons. The van der Waals surface area contributed by atoms with Crippen molar-refractivity contribution in [3.8, 4) is 0 Å². The van der Waals surface area contributed by atoms with Crippen LogP contribution in [0, 0.1) is 20.8 Å². The molecule has 0 bridgehead atoms. The Labute approximate surface area is 178 Å². The first-order chi connectivity index (χ1) is 12.8. The fraction of sp³-hybridized carbons (Fsp3) is 0.200. The zero-order valence-electron chi connectivity index (χ0n) is 15.3. The Kier molecular flexibility index (Phi) is 6.19. The highest BCUT2D eigenvalue weighted by atomic mass is 79.9. The molecule has 4 nitrogen and oxygen atoms in total. The summed E-state index contributed by atoms with van der Waals surface area (Å²) in [7, 11) is 0. The summed E-state index contributed by atoms with van der Waals surface area (Å²) in [5, 5.41) is 12.2. The minimum absolute atomic E-state index is 0.515. The summed E-state index contributed by atoms with van der Waals surface area (Å²) in [5.41, 5.74) is 6.04. The van der Waals surface area contributed by atoms with Crippen LogP contribution in [0.25, 0.3) is 0 Å². The average Bonchev–Trinajstić information content (AvgIpc) is 2.85. The Hall–Kier alpha value is -1.89. The molecule has 0 fully saturated rings. The minimum atomic E-state index is 0.515. The van der Waals surface area contributed by atoms with Gasteiger partial charge in [-0.05, 0) is 84.3 Å². The molecule has 0 radical (unpaired) electrons. The van der Waals surface area contributed by atoms with E-state index in [0.29, 0.717) is 16.7 Å². The van der Waals surface area contributed by atoms with Gasteiger partial charge in [0, 0.05) is 16.4 Å². The van der Waals surface area contributed by atoms with Crippen LogP contribution in [0.15, 0.2) is 46.9 Å². The van der Waals surface area contributed by atoms with Gasteiger partial charge in [-0.2, -0.15) is 5.10 Å². The van der Waals surface area contributed by atoms with Crippen LogP contribution in [0.3, 0.4) is 0 Å². The Morgan fingerprint density at radius 3 is 2.44 bits per heavy atom. The van der Waals surface area contributed by atoms with Gasteiger partial charge >= 0.3 is 0 Å². The molecule has 3 rings (SSSR count). The van der Waals surface area contributed by atoms with Gasteiger partial charge in [-0.1, -0.05) is 29.8 Å². The van der Waals surface area contributed by atoms with Crippen molar-refractivity contribution in [2.75, 3.05) is 10.6 Å². The third-order valence-electron chi connectivity index (χ3n) is 4.24. The first kappa shape index (κ1) is 19.9. The summed E-state index contributed by atoms with van der Waals surface area (Å²) >= 11 is 15.2. The topological polar surface area (TPSA) is 41.9 Å². The molecule has 0 aliphatic rings. The van der Waals surface area contributed by atoms with Gasteiger partial charge in [0.25, 0.3) is 0 Å². The first-order valence-corrected chi connectivity index (χ1v) is 10.0. The monoisotopic (exact) mass is 462 g/mol. The fourth-order valence-electron chi connectivity index (χ4n) is 2.71. The quantitative estimate of drug-likeness (QED) is 0.460. The zero-order chi connectivity index (χ0) is 19.6. The number of aryl methyl sites for hydroxylation is 2. The predicted molar refractivity (Wildman–Crippen MR) is 121 cm³/mol. The standard InChI is InChI=1S/C20H20BrClN4S/c1-12-7-8-17(10-18(12)22)24-20(27)23-16-6-4-5-15(9-16)11-26-14(3)19(21)13(2)25-26/h4-10H,11H2,1-3H3,(H2,23,24,27). The molecule has 1 heterocycles.